The lowest BCUT2D eigenvalue weighted by Crippen LogP contribution is -2.24. The molecule has 0 saturated carbocycles. The van der Waals surface area contributed by atoms with E-state index in [2.05, 4.69) is 21.3 Å². The molecule has 0 spiro atoms. The molecule has 6 nitrogen and oxygen atoms in total. The van der Waals surface area contributed by atoms with Crippen molar-refractivity contribution in [2.24, 2.45) is 0 Å². The van der Waals surface area contributed by atoms with Crippen molar-refractivity contribution in [1.82, 2.24) is 10.6 Å². The number of rotatable bonds is 5. The van der Waals surface area contributed by atoms with Gasteiger partial charge in [0.25, 0.3) is 0 Å². The maximum Gasteiger partial charge on any atom is 0.318 e. The zero-order valence-electron chi connectivity index (χ0n) is 10.5. The minimum absolute atomic E-state index is 0.0681. The first-order valence-corrected chi connectivity index (χ1v) is 5.69. The van der Waals surface area contributed by atoms with Crippen molar-refractivity contribution >= 4 is 23.3 Å². The molecule has 0 heterocycles. The largest absolute Gasteiger partial charge is 0.341 e. The summed E-state index contributed by atoms with van der Waals surface area (Å²) < 4.78 is 0. The third kappa shape index (κ3) is 4.84. The predicted octanol–water partition coefficient (Wildman–Crippen LogP) is 0.986. The van der Waals surface area contributed by atoms with Crippen LogP contribution in [0.1, 0.15) is 6.42 Å². The number of nitrogens with one attached hydrogen (secondary N) is 4. The van der Waals surface area contributed by atoms with E-state index in [1.807, 2.05) is 0 Å². The second-order valence-corrected chi connectivity index (χ2v) is 3.69. The van der Waals surface area contributed by atoms with Gasteiger partial charge in [-0.25, -0.2) is 4.79 Å². The van der Waals surface area contributed by atoms with Crippen LogP contribution < -0.4 is 21.3 Å². The SMILES string of the molecule is CNCCC(=O)Nc1cccc(NC(=O)NC)c1. The Hall–Kier alpha value is -2.08. The van der Waals surface area contributed by atoms with E-state index >= 15 is 0 Å². The lowest BCUT2D eigenvalue weighted by atomic mass is 10.2. The Morgan fingerprint density at radius 1 is 1.11 bits per heavy atom. The fraction of sp³-hybridized carbons (Fsp3) is 0.333. The third-order valence-electron chi connectivity index (χ3n) is 2.23. The van der Waals surface area contributed by atoms with Crippen molar-refractivity contribution in [2.75, 3.05) is 31.3 Å². The van der Waals surface area contributed by atoms with Gasteiger partial charge in [0.05, 0.1) is 0 Å². The maximum absolute atomic E-state index is 11.5. The van der Waals surface area contributed by atoms with Gasteiger partial charge >= 0.3 is 6.03 Å². The standard InChI is InChI=1S/C12H18N4O2/c1-13-7-6-11(17)15-9-4-3-5-10(8-9)16-12(18)14-2/h3-5,8,13H,6-7H2,1-2H3,(H,15,17)(H2,14,16,18). The van der Waals surface area contributed by atoms with Crippen LogP contribution >= 0.6 is 0 Å². The molecule has 0 aliphatic rings. The highest BCUT2D eigenvalue weighted by atomic mass is 16.2. The molecular formula is C12H18N4O2. The van der Waals surface area contributed by atoms with Gasteiger partial charge in [-0.15, -0.1) is 0 Å². The normalized spacial score (nSPS) is 9.67. The molecule has 98 valence electrons. The zero-order valence-corrected chi connectivity index (χ0v) is 10.5. The highest BCUT2D eigenvalue weighted by Crippen LogP contribution is 2.15. The van der Waals surface area contributed by atoms with E-state index in [1.165, 1.54) is 0 Å². The van der Waals surface area contributed by atoms with Crippen molar-refractivity contribution in [3.8, 4) is 0 Å². The Morgan fingerprint density at radius 2 is 1.78 bits per heavy atom. The Balaban J connectivity index is 2.59. The minimum Gasteiger partial charge on any atom is -0.341 e. The summed E-state index contributed by atoms with van der Waals surface area (Å²) in [7, 11) is 3.33. The fourth-order valence-electron chi connectivity index (χ4n) is 1.33. The van der Waals surface area contributed by atoms with Gasteiger partial charge < -0.3 is 21.3 Å². The van der Waals surface area contributed by atoms with Gasteiger partial charge in [-0.1, -0.05) is 6.07 Å². The molecule has 0 fully saturated rings. The number of anilines is 2. The highest BCUT2D eigenvalue weighted by molar-refractivity contribution is 5.93. The Bertz CT molecular complexity index is 420. The molecule has 6 heteroatoms. The van der Waals surface area contributed by atoms with E-state index in [0.29, 0.717) is 24.3 Å². The number of carbonyl (C=O) groups is 2. The van der Waals surface area contributed by atoms with Gasteiger partial charge in [0, 0.05) is 31.4 Å². The number of amides is 3. The molecule has 18 heavy (non-hydrogen) atoms. The molecule has 0 bridgehead atoms. The van der Waals surface area contributed by atoms with Crippen LogP contribution in [-0.4, -0.2) is 32.6 Å². The van der Waals surface area contributed by atoms with Gasteiger partial charge in [-0.05, 0) is 25.2 Å². The van der Waals surface area contributed by atoms with Crippen LogP contribution in [0.3, 0.4) is 0 Å². The van der Waals surface area contributed by atoms with Crippen LogP contribution in [0.5, 0.6) is 0 Å². The van der Waals surface area contributed by atoms with Gasteiger partial charge in [-0.2, -0.15) is 0 Å². The average molecular weight is 250 g/mol. The van der Waals surface area contributed by atoms with E-state index in [-0.39, 0.29) is 11.9 Å². The van der Waals surface area contributed by atoms with Crippen molar-refractivity contribution < 1.29 is 9.59 Å². The molecule has 1 aromatic rings. The first-order chi connectivity index (χ1) is 8.65. The van der Waals surface area contributed by atoms with Crippen molar-refractivity contribution in [3.63, 3.8) is 0 Å². The molecule has 1 aromatic carbocycles. The van der Waals surface area contributed by atoms with E-state index in [1.54, 1.807) is 38.4 Å². The van der Waals surface area contributed by atoms with Crippen LogP contribution in [0.15, 0.2) is 24.3 Å². The topological polar surface area (TPSA) is 82.3 Å². The molecule has 0 aliphatic carbocycles. The summed E-state index contributed by atoms with van der Waals surface area (Å²) in [6.07, 6.45) is 0.406. The van der Waals surface area contributed by atoms with Crippen LogP contribution in [0.25, 0.3) is 0 Å². The maximum atomic E-state index is 11.5. The third-order valence-corrected chi connectivity index (χ3v) is 2.23. The summed E-state index contributed by atoms with van der Waals surface area (Å²) in [6, 6.07) is 6.68. The van der Waals surface area contributed by atoms with Crippen molar-refractivity contribution in [3.05, 3.63) is 24.3 Å². The first-order valence-electron chi connectivity index (χ1n) is 5.69. The molecule has 0 saturated heterocycles. The molecule has 0 radical (unpaired) electrons. The van der Waals surface area contributed by atoms with Gasteiger partial charge in [0.2, 0.25) is 5.91 Å². The highest BCUT2D eigenvalue weighted by Gasteiger charge is 2.03. The fourth-order valence-corrected chi connectivity index (χ4v) is 1.33. The van der Waals surface area contributed by atoms with Crippen LogP contribution in [-0.2, 0) is 4.79 Å². The Kier molecular flexibility index (Phi) is 5.66. The van der Waals surface area contributed by atoms with Gasteiger partial charge in [0.1, 0.15) is 0 Å². The number of hydrogen-bond donors (Lipinski definition) is 4. The molecule has 0 atom stereocenters. The van der Waals surface area contributed by atoms with Crippen LogP contribution in [0, 0.1) is 0 Å². The second kappa shape index (κ2) is 7.29. The molecule has 3 amide bonds. The molecular weight excluding hydrogens is 232 g/mol. The minimum atomic E-state index is -0.298. The summed E-state index contributed by atoms with van der Waals surface area (Å²) in [5.74, 6) is -0.0681. The smallest absolute Gasteiger partial charge is 0.318 e. The number of hydrogen-bond acceptors (Lipinski definition) is 3. The molecule has 1 rings (SSSR count). The first kappa shape index (κ1) is 14.0. The Labute approximate surface area is 106 Å². The molecule has 0 unspecified atom stereocenters. The van der Waals surface area contributed by atoms with E-state index < -0.39 is 0 Å². The molecule has 4 N–H and O–H groups in total. The van der Waals surface area contributed by atoms with Gasteiger partial charge in [-0.3, -0.25) is 4.79 Å². The summed E-state index contributed by atoms with van der Waals surface area (Å²) in [5, 5.41) is 10.8. The molecule has 0 aliphatic heterocycles. The lowest BCUT2D eigenvalue weighted by molar-refractivity contribution is -0.116. The predicted molar refractivity (Wildman–Crippen MR) is 71.7 cm³/mol. The summed E-state index contributed by atoms with van der Waals surface area (Å²) in [4.78, 5) is 22.6. The summed E-state index contributed by atoms with van der Waals surface area (Å²) in [5.41, 5.74) is 1.28. The zero-order chi connectivity index (χ0) is 13.4. The van der Waals surface area contributed by atoms with Crippen LogP contribution in [0.2, 0.25) is 0 Å². The molecule has 0 aromatic heterocycles. The van der Waals surface area contributed by atoms with Crippen molar-refractivity contribution in [1.29, 1.82) is 0 Å². The van der Waals surface area contributed by atoms with E-state index in [4.69, 9.17) is 0 Å². The monoisotopic (exact) mass is 250 g/mol. The average Bonchev–Trinajstić information content (AvgIpc) is 2.36. The lowest BCUT2D eigenvalue weighted by Gasteiger charge is -2.08. The van der Waals surface area contributed by atoms with Crippen LogP contribution in [0.4, 0.5) is 16.2 Å². The summed E-state index contributed by atoms with van der Waals surface area (Å²) in [6.45, 7) is 0.627. The van der Waals surface area contributed by atoms with E-state index in [9.17, 15) is 9.59 Å². The number of urea groups is 1. The summed E-state index contributed by atoms with van der Waals surface area (Å²) >= 11 is 0. The number of benzene rings is 1. The Morgan fingerprint density at radius 3 is 2.39 bits per heavy atom. The van der Waals surface area contributed by atoms with E-state index in [0.717, 1.165) is 0 Å². The second-order valence-electron chi connectivity index (χ2n) is 3.69. The quantitative estimate of drug-likeness (QED) is 0.629. The number of carbonyl (C=O) groups excluding carboxylic acids is 2. The van der Waals surface area contributed by atoms with Crippen molar-refractivity contribution in [2.45, 2.75) is 6.42 Å². The van der Waals surface area contributed by atoms with Gasteiger partial charge in [0.15, 0.2) is 0 Å².